The van der Waals surface area contributed by atoms with Crippen LogP contribution in [0.1, 0.15) is 16.9 Å². The highest BCUT2D eigenvalue weighted by molar-refractivity contribution is 6.32. The summed E-state index contributed by atoms with van der Waals surface area (Å²) in [6, 6.07) is 19.5. The summed E-state index contributed by atoms with van der Waals surface area (Å²) in [5, 5.41) is 11.0. The van der Waals surface area contributed by atoms with Gasteiger partial charge in [0.2, 0.25) is 0 Å². The highest BCUT2D eigenvalue weighted by Gasteiger charge is 2.15. The average molecular weight is 386 g/mol. The van der Waals surface area contributed by atoms with Crippen LogP contribution in [0, 0.1) is 6.92 Å². The molecule has 3 aromatic rings. The zero-order valence-corrected chi connectivity index (χ0v) is 16.1. The number of ether oxygens (including phenoxy) is 1. The van der Waals surface area contributed by atoms with Gasteiger partial charge in [-0.25, -0.2) is 0 Å². The molecule has 27 heavy (non-hydrogen) atoms. The fourth-order valence-electron chi connectivity index (χ4n) is 2.86. The number of aliphatic hydroxyl groups is 1. The number of benzene rings is 2. The first-order valence-electron chi connectivity index (χ1n) is 8.96. The van der Waals surface area contributed by atoms with E-state index in [-0.39, 0.29) is 6.61 Å². The summed E-state index contributed by atoms with van der Waals surface area (Å²) in [5.74, 6) is 1.44. The Hall–Kier alpha value is -2.27. The van der Waals surface area contributed by atoms with Crippen LogP contribution in [-0.2, 0) is 13.1 Å². The molecule has 1 N–H and O–H groups in total. The summed E-state index contributed by atoms with van der Waals surface area (Å²) in [4.78, 5) is 2.14. The third-order valence-electron chi connectivity index (χ3n) is 4.22. The molecular formula is C22H24ClNO3. The van der Waals surface area contributed by atoms with Crippen LogP contribution >= 0.6 is 11.6 Å². The molecule has 4 nitrogen and oxygen atoms in total. The number of nitrogens with zero attached hydrogens (tertiary/aromatic N) is 1. The molecule has 5 heteroatoms. The smallest absolute Gasteiger partial charge is 0.138 e. The van der Waals surface area contributed by atoms with Crippen molar-refractivity contribution in [3.05, 3.63) is 88.8 Å². The zero-order chi connectivity index (χ0) is 19.1. The van der Waals surface area contributed by atoms with E-state index in [2.05, 4.69) is 36.1 Å². The van der Waals surface area contributed by atoms with E-state index in [1.807, 2.05) is 24.3 Å². The van der Waals surface area contributed by atoms with Crippen LogP contribution in [0.25, 0.3) is 0 Å². The fraction of sp³-hybridized carbons (Fsp3) is 0.273. The standard InChI is InChI=1S/C22H24ClNO3/c1-17-8-10-18(11-9-17)13-24(15-20-5-4-12-26-20)14-19(25)16-27-22-7-3-2-6-21(22)23/h2-12,19,25H,13-16H2,1H3. The molecule has 0 radical (unpaired) electrons. The van der Waals surface area contributed by atoms with Gasteiger partial charge in [0, 0.05) is 13.1 Å². The van der Waals surface area contributed by atoms with Crippen molar-refractivity contribution < 1.29 is 14.3 Å². The van der Waals surface area contributed by atoms with Gasteiger partial charge in [-0.15, -0.1) is 0 Å². The maximum Gasteiger partial charge on any atom is 0.138 e. The Kier molecular flexibility index (Phi) is 6.93. The molecule has 0 saturated heterocycles. The predicted molar refractivity (Wildman–Crippen MR) is 107 cm³/mol. The van der Waals surface area contributed by atoms with Crippen LogP contribution in [0.15, 0.2) is 71.3 Å². The topological polar surface area (TPSA) is 45.8 Å². The van der Waals surface area contributed by atoms with E-state index in [4.69, 9.17) is 20.8 Å². The summed E-state index contributed by atoms with van der Waals surface area (Å²) >= 11 is 6.10. The molecule has 0 amide bonds. The number of aryl methyl sites for hydroxylation is 1. The lowest BCUT2D eigenvalue weighted by atomic mass is 10.1. The molecule has 1 atom stereocenters. The van der Waals surface area contributed by atoms with Crippen LogP contribution in [0.4, 0.5) is 0 Å². The molecule has 0 spiro atoms. The predicted octanol–water partition coefficient (Wildman–Crippen LogP) is 4.68. The molecule has 0 aliphatic heterocycles. The van der Waals surface area contributed by atoms with Gasteiger partial charge in [-0.1, -0.05) is 53.6 Å². The number of hydrogen-bond donors (Lipinski definition) is 1. The first-order valence-corrected chi connectivity index (χ1v) is 9.33. The normalized spacial score (nSPS) is 12.3. The SMILES string of the molecule is Cc1ccc(CN(Cc2ccco2)CC(O)COc2ccccc2Cl)cc1. The minimum absolute atomic E-state index is 0.173. The summed E-state index contributed by atoms with van der Waals surface area (Å²) in [6.45, 7) is 4.03. The van der Waals surface area contributed by atoms with Crippen molar-refractivity contribution >= 4 is 11.6 Å². The lowest BCUT2D eigenvalue weighted by Crippen LogP contribution is -2.35. The van der Waals surface area contributed by atoms with Crippen molar-refractivity contribution in [3.8, 4) is 5.75 Å². The van der Waals surface area contributed by atoms with E-state index in [0.29, 0.717) is 30.4 Å². The van der Waals surface area contributed by atoms with E-state index in [1.165, 1.54) is 11.1 Å². The van der Waals surface area contributed by atoms with E-state index in [9.17, 15) is 5.11 Å². The second-order valence-electron chi connectivity index (χ2n) is 6.63. The van der Waals surface area contributed by atoms with Gasteiger partial charge in [-0.05, 0) is 36.8 Å². The van der Waals surface area contributed by atoms with Gasteiger partial charge in [0.25, 0.3) is 0 Å². The zero-order valence-electron chi connectivity index (χ0n) is 15.3. The molecule has 1 aromatic heterocycles. The summed E-state index contributed by atoms with van der Waals surface area (Å²) in [5.41, 5.74) is 2.41. The van der Waals surface area contributed by atoms with E-state index in [0.717, 1.165) is 5.76 Å². The number of hydrogen-bond acceptors (Lipinski definition) is 4. The van der Waals surface area contributed by atoms with E-state index in [1.54, 1.807) is 18.4 Å². The van der Waals surface area contributed by atoms with Gasteiger partial charge in [0.05, 0.1) is 17.8 Å². The van der Waals surface area contributed by atoms with Crippen molar-refractivity contribution in [2.45, 2.75) is 26.1 Å². The van der Waals surface area contributed by atoms with Crippen LogP contribution < -0.4 is 4.74 Å². The summed E-state index contributed by atoms with van der Waals surface area (Å²) in [6.07, 6.45) is 1.01. The van der Waals surface area contributed by atoms with Crippen molar-refractivity contribution in [2.24, 2.45) is 0 Å². The molecule has 0 aliphatic rings. The van der Waals surface area contributed by atoms with Crippen LogP contribution in [0.3, 0.4) is 0 Å². The van der Waals surface area contributed by atoms with Crippen molar-refractivity contribution in [1.29, 1.82) is 0 Å². The molecule has 0 bridgehead atoms. The van der Waals surface area contributed by atoms with Crippen molar-refractivity contribution in [2.75, 3.05) is 13.2 Å². The average Bonchev–Trinajstić information content (AvgIpc) is 3.16. The Morgan fingerprint density at radius 2 is 1.81 bits per heavy atom. The minimum atomic E-state index is -0.651. The maximum atomic E-state index is 10.5. The molecule has 0 saturated carbocycles. The number of para-hydroxylation sites is 1. The second-order valence-corrected chi connectivity index (χ2v) is 7.04. The highest BCUT2D eigenvalue weighted by Crippen LogP contribution is 2.23. The van der Waals surface area contributed by atoms with E-state index >= 15 is 0 Å². The van der Waals surface area contributed by atoms with Gasteiger partial charge in [0.1, 0.15) is 24.2 Å². The first-order chi connectivity index (χ1) is 13.1. The van der Waals surface area contributed by atoms with Gasteiger partial charge in [-0.2, -0.15) is 0 Å². The number of furan rings is 1. The van der Waals surface area contributed by atoms with Crippen LogP contribution in [0.5, 0.6) is 5.75 Å². The molecular weight excluding hydrogens is 362 g/mol. The lowest BCUT2D eigenvalue weighted by Gasteiger charge is -2.24. The van der Waals surface area contributed by atoms with E-state index < -0.39 is 6.10 Å². The summed E-state index contributed by atoms with van der Waals surface area (Å²) in [7, 11) is 0. The Balaban J connectivity index is 1.61. The minimum Gasteiger partial charge on any atom is -0.489 e. The molecule has 2 aromatic carbocycles. The Morgan fingerprint density at radius 3 is 2.52 bits per heavy atom. The molecule has 1 heterocycles. The number of aliphatic hydroxyl groups excluding tert-OH is 1. The van der Waals surface area contributed by atoms with Gasteiger partial charge in [0.15, 0.2) is 0 Å². The fourth-order valence-corrected chi connectivity index (χ4v) is 3.05. The number of halogens is 1. The third-order valence-corrected chi connectivity index (χ3v) is 4.54. The summed E-state index contributed by atoms with van der Waals surface area (Å²) < 4.78 is 11.1. The quantitative estimate of drug-likeness (QED) is 0.580. The Bertz CT molecular complexity index is 818. The van der Waals surface area contributed by atoms with Gasteiger partial charge >= 0.3 is 0 Å². The molecule has 0 aliphatic carbocycles. The monoisotopic (exact) mass is 385 g/mol. The highest BCUT2D eigenvalue weighted by atomic mass is 35.5. The van der Waals surface area contributed by atoms with Crippen molar-refractivity contribution in [3.63, 3.8) is 0 Å². The largest absolute Gasteiger partial charge is 0.489 e. The lowest BCUT2D eigenvalue weighted by molar-refractivity contribution is 0.0605. The van der Waals surface area contributed by atoms with Gasteiger partial charge < -0.3 is 14.3 Å². The Labute approximate surface area is 165 Å². The molecule has 1 unspecified atom stereocenters. The number of rotatable bonds is 9. The molecule has 0 fully saturated rings. The third kappa shape index (κ3) is 6.14. The van der Waals surface area contributed by atoms with Crippen LogP contribution in [0.2, 0.25) is 5.02 Å². The van der Waals surface area contributed by atoms with Crippen molar-refractivity contribution in [1.82, 2.24) is 4.90 Å². The van der Waals surface area contributed by atoms with Gasteiger partial charge in [-0.3, -0.25) is 4.90 Å². The molecule has 3 rings (SSSR count). The second kappa shape index (κ2) is 9.60. The maximum absolute atomic E-state index is 10.5. The van der Waals surface area contributed by atoms with Crippen LogP contribution in [-0.4, -0.2) is 29.3 Å². The molecule has 142 valence electrons. The Morgan fingerprint density at radius 1 is 1.04 bits per heavy atom. The first kappa shape index (κ1) is 19.5.